The first kappa shape index (κ1) is 31.9. The minimum atomic E-state index is -1.18. The van der Waals surface area contributed by atoms with Crippen molar-refractivity contribution in [3.05, 3.63) is 104 Å². The molecule has 0 bridgehead atoms. The van der Waals surface area contributed by atoms with Gasteiger partial charge in [0.1, 0.15) is 0 Å². The summed E-state index contributed by atoms with van der Waals surface area (Å²) in [5.74, 6) is -2.93. The highest BCUT2D eigenvalue weighted by molar-refractivity contribution is 6.38. The molecule has 13 heteroatoms. The maximum Gasteiger partial charge on any atom is 0.348 e. The Morgan fingerprint density at radius 2 is 1.61 bits per heavy atom. The van der Waals surface area contributed by atoms with Crippen molar-refractivity contribution in [1.82, 2.24) is 24.6 Å². The quantitative estimate of drug-likeness (QED) is 0.105. The van der Waals surface area contributed by atoms with Crippen molar-refractivity contribution in [2.45, 2.75) is 57.3 Å². The topological polar surface area (TPSA) is 193 Å². The Bertz CT molecular complexity index is 1640. The number of nitrogens with two attached hydrogens (primary N) is 2. The first-order valence-corrected chi connectivity index (χ1v) is 14.5. The Hall–Kier alpha value is -5.04. The number of hydrogen-bond donors (Lipinski definition) is 4. The summed E-state index contributed by atoms with van der Waals surface area (Å²) in [6.45, 7) is 0.772. The number of nitrogens with one attached hydrogen (secondary N) is 2. The molecule has 0 spiro atoms. The summed E-state index contributed by atoms with van der Waals surface area (Å²) in [7, 11) is 0. The van der Waals surface area contributed by atoms with E-state index in [0.717, 1.165) is 20.4 Å². The highest BCUT2D eigenvalue weighted by atomic mass is 16.2. The summed E-state index contributed by atoms with van der Waals surface area (Å²) < 4.78 is 3.39. The van der Waals surface area contributed by atoms with Crippen LogP contribution in [-0.2, 0) is 40.3 Å². The van der Waals surface area contributed by atoms with Gasteiger partial charge in [0.15, 0.2) is 6.04 Å². The van der Waals surface area contributed by atoms with Gasteiger partial charge in [-0.25, -0.2) is 23.5 Å². The lowest BCUT2D eigenvalue weighted by Crippen LogP contribution is -2.51. The molecule has 2 unspecified atom stereocenters. The molecule has 1 aliphatic rings. The zero-order chi connectivity index (χ0) is 31.6. The normalized spacial score (nSPS) is 14.4. The molecule has 2 aromatic carbocycles. The van der Waals surface area contributed by atoms with Gasteiger partial charge in [-0.3, -0.25) is 19.2 Å². The molecule has 3 aromatic rings. The van der Waals surface area contributed by atoms with Crippen molar-refractivity contribution in [3.63, 3.8) is 0 Å². The fraction of sp³-hybridized carbons (Fsp3) is 0.355. The molecule has 4 rings (SSSR count). The largest absolute Gasteiger partial charge is 0.366 e. The molecule has 1 aliphatic heterocycles. The minimum Gasteiger partial charge on any atom is -0.366 e. The molecule has 0 saturated heterocycles. The van der Waals surface area contributed by atoms with E-state index < -0.39 is 47.0 Å². The number of Topliss-reactive ketones (excluding diaryl/α,β-unsaturated/α-hetero) is 1. The summed E-state index contributed by atoms with van der Waals surface area (Å²) in [4.78, 5) is 77.0. The van der Waals surface area contributed by atoms with Crippen LogP contribution in [0.1, 0.15) is 46.8 Å². The Labute approximate surface area is 253 Å². The van der Waals surface area contributed by atoms with Crippen LogP contribution in [0.2, 0.25) is 0 Å². The van der Waals surface area contributed by atoms with Crippen LogP contribution < -0.4 is 33.5 Å². The van der Waals surface area contributed by atoms with Gasteiger partial charge in [-0.05, 0) is 61.9 Å². The van der Waals surface area contributed by atoms with Gasteiger partial charge in [0.05, 0.1) is 12.6 Å². The fourth-order valence-electron chi connectivity index (χ4n) is 5.04. The standard InChI is InChI=1S/C31H37N7O6/c32-17-5-4-9-24(26(39)29(42)34-18-15-22-11-13-23(14-12-22)27(33)40)35-28(41)25-10-6-19-37-30(43)36(31(44)38(25)37)20-16-21-7-2-1-3-8-21/h1-3,6-8,10-14,24-25H,4-5,9,15-20,32H2,(H2,33,40)(H,34,42)(H,35,41). The van der Waals surface area contributed by atoms with Crippen LogP contribution in [0.4, 0.5) is 0 Å². The molecule has 232 valence electrons. The Morgan fingerprint density at radius 1 is 0.909 bits per heavy atom. The number of hydrogen-bond acceptors (Lipinski definition) is 7. The number of nitrogens with zero attached hydrogens (tertiary/aromatic N) is 3. The lowest BCUT2D eigenvalue weighted by atomic mass is 10.0. The summed E-state index contributed by atoms with van der Waals surface area (Å²) in [5.41, 5.74) is 11.8. The van der Waals surface area contributed by atoms with Crippen LogP contribution in [0.5, 0.6) is 0 Å². The number of aryl methyl sites for hydroxylation is 1. The summed E-state index contributed by atoms with van der Waals surface area (Å²) in [5, 5.41) is 5.22. The van der Waals surface area contributed by atoms with E-state index in [4.69, 9.17) is 11.5 Å². The average molecular weight is 604 g/mol. The van der Waals surface area contributed by atoms with Crippen molar-refractivity contribution >= 4 is 23.5 Å². The maximum atomic E-state index is 13.5. The van der Waals surface area contributed by atoms with E-state index >= 15 is 0 Å². The highest BCUT2D eigenvalue weighted by Crippen LogP contribution is 2.13. The number of ketones is 1. The van der Waals surface area contributed by atoms with Crippen molar-refractivity contribution in [2.24, 2.45) is 11.5 Å². The lowest BCUT2D eigenvalue weighted by Gasteiger charge is -2.23. The van der Waals surface area contributed by atoms with Crippen LogP contribution in [-0.4, -0.2) is 56.6 Å². The van der Waals surface area contributed by atoms with Crippen molar-refractivity contribution in [1.29, 1.82) is 0 Å². The van der Waals surface area contributed by atoms with Gasteiger partial charge in [0, 0.05) is 18.7 Å². The molecular weight excluding hydrogens is 566 g/mol. The second kappa shape index (κ2) is 14.9. The molecule has 0 fully saturated rings. The zero-order valence-electron chi connectivity index (χ0n) is 24.3. The number of rotatable bonds is 15. The number of allylic oxidation sites excluding steroid dienone is 1. The Balaban J connectivity index is 1.43. The molecule has 3 amide bonds. The van der Waals surface area contributed by atoms with Crippen LogP contribution in [0.3, 0.4) is 0 Å². The Kier molecular flexibility index (Phi) is 10.8. The van der Waals surface area contributed by atoms with Gasteiger partial charge in [0.25, 0.3) is 5.91 Å². The number of fused-ring (bicyclic) bond motifs is 1. The number of carbonyl (C=O) groups is 4. The predicted octanol–water partition coefficient (Wildman–Crippen LogP) is -0.194. The second-order valence-electron chi connectivity index (χ2n) is 10.5. The number of amides is 3. The van der Waals surface area contributed by atoms with E-state index in [1.165, 1.54) is 10.8 Å². The molecule has 2 atom stereocenters. The molecule has 13 nitrogen and oxygen atoms in total. The monoisotopic (exact) mass is 603 g/mol. The molecule has 0 saturated carbocycles. The molecule has 0 aliphatic carbocycles. The number of primary amides is 1. The first-order valence-electron chi connectivity index (χ1n) is 14.5. The SMILES string of the molecule is NCCCCC(NC(=O)C1C=CCn2c(=O)n(CCc3ccccc3)c(=O)n21)C(=O)C(=O)NCCc1ccc(C(N)=O)cc1. The molecule has 44 heavy (non-hydrogen) atoms. The third-order valence-corrected chi connectivity index (χ3v) is 7.48. The molecule has 2 heterocycles. The second-order valence-corrected chi connectivity index (χ2v) is 10.5. The van der Waals surface area contributed by atoms with Crippen LogP contribution >= 0.6 is 0 Å². The lowest BCUT2D eigenvalue weighted by molar-refractivity contribution is -0.140. The number of carbonyl (C=O) groups excluding carboxylic acids is 4. The van der Waals surface area contributed by atoms with E-state index in [0.29, 0.717) is 37.8 Å². The molecule has 6 N–H and O–H groups in total. The van der Waals surface area contributed by atoms with E-state index in [-0.39, 0.29) is 26.1 Å². The van der Waals surface area contributed by atoms with Crippen LogP contribution in [0.25, 0.3) is 0 Å². The molecular formula is C31H37N7O6. The number of unbranched alkanes of at least 4 members (excludes halogenated alkanes) is 1. The highest BCUT2D eigenvalue weighted by Gasteiger charge is 2.32. The average Bonchev–Trinajstić information content (AvgIpc) is 3.28. The van der Waals surface area contributed by atoms with Gasteiger partial charge < -0.3 is 22.1 Å². The Morgan fingerprint density at radius 3 is 2.30 bits per heavy atom. The summed E-state index contributed by atoms with van der Waals surface area (Å²) >= 11 is 0. The van der Waals surface area contributed by atoms with Gasteiger partial charge in [-0.2, -0.15) is 0 Å². The van der Waals surface area contributed by atoms with Crippen LogP contribution in [0.15, 0.2) is 76.3 Å². The third-order valence-electron chi connectivity index (χ3n) is 7.48. The van der Waals surface area contributed by atoms with E-state index in [1.54, 1.807) is 30.3 Å². The van der Waals surface area contributed by atoms with Gasteiger partial charge in [-0.1, -0.05) is 54.6 Å². The smallest absolute Gasteiger partial charge is 0.348 e. The van der Waals surface area contributed by atoms with E-state index in [1.807, 2.05) is 30.3 Å². The van der Waals surface area contributed by atoms with Crippen molar-refractivity contribution in [3.8, 4) is 0 Å². The molecule has 0 radical (unpaired) electrons. The van der Waals surface area contributed by atoms with Gasteiger partial charge >= 0.3 is 11.4 Å². The van der Waals surface area contributed by atoms with Crippen LogP contribution in [0, 0.1) is 0 Å². The van der Waals surface area contributed by atoms with Gasteiger partial charge in [-0.15, -0.1) is 0 Å². The fourth-order valence-corrected chi connectivity index (χ4v) is 5.04. The van der Waals surface area contributed by atoms with Crippen molar-refractivity contribution in [2.75, 3.05) is 13.1 Å². The van der Waals surface area contributed by atoms with Crippen molar-refractivity contribution < 1.29 is 19.2 Å². The van der Waals surface area contributed by atoms with E-state index in [2.05, 4.69) is 10.6 Å². The molecule has 1 aromatic heterocycles. The summed E-state index contributed by atoms with van der Waals surface area (Å²) in [6.07, 6.45) is 5.19. The van der Waals surface area contributed by atoms with E-state index in [9.17, 15) is 28.8 Å². The maximum absolute atomic E-state index is 13.5. The number of aromatic nitrogens is 3. The predicted molar refractivity (Wildman–Crippen MR) is 163 cm³/mol. The summed E-state index contributed by atoms with van der Waals surface area (Å²) in [6, 6.07) is 13.7. The number of benzene rings is 2. The minimum absolute atomic E-state index is 0.114. The zero-order valence-corrected chi connectivity index (χ0v) is 24.3. The first-order chi connectivity index (χ1) is 21.2. The van der Waals surface area contributed by atoms with Gasteiger partial charge in [0.2, 0.25) is 17.6 Å². The third kappa shape index (κ3) is 7.67.